The van der Waals surface area contributed by atoms with Crippen LogP contribution in [0.3, 0.4) is 0 Å². The van der Waals surface area contributed by atoms with Gasteiger partial charge in [-0.25, -0.2) is 9.78 Å². The number of hydrogen-bond acceptors (Lipinski definition) is 5. The summed E-state index contributed by atoms with van der Waals surface area (Å²) in [5.41, 5.74) is 5.88. The molecule has 2 unspecified atom stereocenters. The number of carbonyl (C=O) groups is 2. The van der Waals surface area contributed by atoms with E-state index in [1.165, 1.54) is 22.5 Å². The van der Waals surface area contributed by atoms with Gasteiger partial charge < -0.3 is 14.7 Å². The molecule has 5 rings (SSSR count). The van der Waals surface area contributed by atoms with Crippen molar-refractivity contribution >= 4 is 34.8 Å². The van der Waals surface area contributed by atoms with Crippen molar-refractivity contribution in [3.63, 3.8) is 0 Å². The van der Waals surface area contributed by atoms with Gasteiger partial charge in [0.25, 0.3) is 0 Å². The number of nitrogens with zero attached hydrogens (tertiary/aromatic N) is 2. The van der Waals surface area contributed by atoms with Crippen molar-refractivity contribution in [1.29, 1.82) is 0 Å². The molecule has 1 aromatic heterocycles. The summed E-state index contributed by atoms with van der Waals surface area (Å²) in [6, 6.07) is 12.9. The van der Waals surface area contributed by atoms with E-state index < -0.39 is 18.6 Å². The molecule has 170 valence electrons. The van der Waals surface area contributed by atoms with Crippen LogP contribution in [0.25, 0.3) is 0 Å². The Morgan fingerprint density at radius 2 is 2.06 bits per heavy atom. The van der Waals surface area contributed by atoms with Crippen molar-refractivity contribution in [3.8, 4) is 5.75 Å². The second-order valence-electron chi connectivity index (χ2n) is 8.52. The maximum absolute atomic E-state index is 13.8. The molecule has 2 aromatic carbocycles. The molecule has 3 atom stereocenters. The SMILES string of the molecule is Cc1ccccc1C1CC1C(=O)N1CCc2ncsc2[C@@H]1c1cc(Cl)ccc1OCC(=O)O. The van der Waals surface area contributed by atoms with E-state index >= 15 is 0 Å². The van der Waals surface area contributed by atoms with Gasteiger partial charge in [-0.2, -0.15) is 0 Å². The first-order chi connectivity index (χ1) is 15.9. The summed E-state index contributed by atoms with van der Waals surface area (Å²) in [5.74, 6) is -0.381. The molecular weight excluding hydrogens is 460 g/mol. The van der Waals surface area contributed by atoms with Gasteiger partial charge in [0.15, 0.2) is 6.61 Å². The largest absolute Gasteiger partial charge is 0.482 e. The maximum atomic E-state index is 13.8. The highest BCUT2D eigenvalue weighted by Gasteiger charge is 2.49. The quantitative estimate of drug-likeness (QED) is 0.543. The molecule has 3 aromatic rings. The van der Waals surface area contributed by atoms with Gasteiger partial charge in [0, 0.05) is 29.5 Å². The van der Waals surface area contributed by atoms with Crippen LogP contribution < -0.4 is 4.74 Å². The zero-order valence-corrected chi connectivity index (χ0v) is 19.6. The molecule has 1 fully saturated rings. The Kier molecular flexibility index (Phi) is 5.85. The van der Waals surface area contributed by atoms with Gasteiger partial charge in [-0.3, -0.25) is 4.79 Å². The minimum atomic E-state index is -1.06. The second kappa shape index (κ2) is 8.80. The molecule has 1 aliphatic carbocycles. The van der Waals surface area contributed by atoms with Gasteiger partial charge in [-0.1, -0.05) is 35.9 Å². The molecular formula is C25H23ClN2O4S. The normalized spacial score (nSPS) is 21.4. The van der Waals surface area contributed by atoms with Crippen LogP contribution in [0.4, 0.5) is 0 Å². The number of benzene rings is 2. The van der Waals surface area contributed by atoms with E-state index in [-0.39, 0.29) is 17.7 Å². The summed E-state index contributed by atoms with van der Waals surface area (Å²) in [5, 5.41) is 9.61. The van der Waals surface area contributed by atoms with Crippen molar-refractivity contribution in [3.05, 3.63) is 80.3 Å². The van der Waals surface area contributed by atoms with Crippen molar-refractivity contribution in [1.82, 2.24) is 9.88 Å². The fourth-order valence-corrected chi connectivity index (χ4v) is 5.91. The molecule has 1 saturated carbocycles. The number of halogens is 1. The zero-order valence-electron chi connectivity index (χ0n) is 18.0. The number of aliphatic carboxylic acids is 1. The number of thiazole rings is 1. The molecule has 0 radical (unpaired) electrons. The minimum absolute atomic E-state index is 0.0642. The first-order valence-electron chi connectivity index (χ1n) is 10.9. The molecule has 0 saturated heterocycles. The Morgan fingerprint density at radius 1 is 1.24 bits per heavy atom. The first-order valence-corrected chi connectivity index (χ1v) is 12.1. The summed E-state index contributed by atoms with van der Waals surface area (Å²) >= 11 is 7.84. The number of ether oxygens (including phenoxy) is 1. The van der Waals surface area contributed by atoms with Crippen LogP contribution in [0.1, 0.15) is 45.6 Å². The minimum Gasteiger partial charge on any atom is -0.482 e. The zero-order chi connectivity index (χ0) is 23.1. The van der Waals surface area contributed by atoms with Crippen LogP contribution >= 0.6 is 22.9 Å². The van der Waals surface area contributed by atoms with Crippen LogP contribution in [0, 0.1) is 12.8 Å². The smallest absolute Gasteiger partial charge is 0.341 e. The second-order valence-corrected chi connectivity index (χ2v) is 9.84. The lowest BCUT2D eigenvalue weighted by Crippen LogP contribution is -2.41. The number of aromatic nitrogens is 1. The van der Waals surface area contributed by atoms with Gasteiger partial charge in [0.1, 0.15) is 5.75 Å². The monoisotopic (exact) mass is 482 g/mol. The van der Waals surface area contributed by atoms with E-state index in [1.807, 2.05) is 17.0 Å². The number of carboxylic acid groups (broad SMARTS) is 1. The van der Waals surface area contributed by atoms with Crippen molar-refractivity contribution in [2.75, 3.05) is 13.2 Å². The molecule has 6 nitrogen and oxygen atoms in total. The Hall–Kier alpha value is -2.90. The summed E-state index contributed by atoms with van der Waals surface area (Å²) in [7, 11) is 0. The van der Waals surface area contributed by atoms with Gasteiger partial charge in [-0.15, -0.1) is 11.3 Å². The fraction of sp³-hybridized carbons (Fsp3) is 0.320. The van der Waals surface area contributed by atoms with Gasteiger partial charge in [-0.05, 0) is 48.6 Å². The molecule has 2 aliphatic rings. The summed E-state index contributed by atoms with van der Waals surface area (Å²) in [6.07, 6.45) is 1.52. The van der Waals surface area contributed by atoms with E-state index in [0.717, 1.165) is 17.0 Å². The van der Waals surface area contributed by atoms with Crippen molar-refractivity contribution in [2.24, 2.45) is 5.92 Å². The third-order valence-corrected chi connectivity index (χ3v) is 7.58. The predicted octanol–water partition coefficient (Wildman–Crippen LogP) is 4.85. The van der Waals surface area contributed by atoms with Crippen LogP contribution in [0.5, 0.6) is 5.75 Å². The molecule has 33 heavy (non-hydrogen) atoms. The molecule has 1 aliphatic heterocycles. The number of amides is 1. The predicted molar refractivity (Wildman–Crippen MR) is 126 cm³/mol. The van der Waals surface area contributed by atoms with Crippen molar-refractivity contribution < 1.29 is 19.4 Å². The number of fused-ring (bicyclic) bond motifs is 1. The fourth-order valence-electron chi connectivity index (χ4n) is 4.76. The van der Waals surface area contributed by atoms with Crippen LogP contribution in [0.15, 0.2) is 48.0 Å². The molecule has 0 bridgehead atoms. The highest BCUT2D eigenvalue weighted by molar-refractivity contribution is 7.09. The van der Waals surface area contributed by atoms with Crippen molar-refractivity contribution in [2.45, 2.75) is 31.7 Å². The lowest BCUT2D eigenvalue weighted by molar-refractivity contribution is -0.139. The molecule has 2 heterocycles. The number of hydrogen-bond donors (Lipinski definition) is 1. The Labute approximate surface area is 200 Å². The average Bonchev–Trinajstić information content (AvgIpc) is 3.44. The molecule has 1 N–H and O–H groups in total. The number of aryl methyl sites for hydroxylation is 1. The maximum Gasteiger partial charge on any atom is 0.341 e. The summed E-state index contributed by atoms with van der Waals surface area (Å²) in [6.45, 7) is 2.16. The van der Waals surface area contributed by atoms with Gasteiger partial charge in [0.2, 0.25) is 5.91 Å². The molecule has 8 heteroatoms. The topological polar surface area (TPSA) is 79.7 Å². The number of rotatable bonds is 6. The van der Waals surface area contributed by atoms with E-state index in [0.29, 0.717) is 29.3 Å². The highest BCUT2D eigenvalue weighted by Crippen LogP contribution is 2.52. The molecule has 1 amide bonds. The van der Waals surface area contributed by atoms with Gasteiger partial charge >= 0.3 is 5.97 Å². The number of carboxylic acids is 1. The summed E-state index contributed by atoms with van der Waals surface area (Å²) < 4.78 is 5.60. The lowest BCUT2D eigenvalue weighted by atomic mass is 9.95. The van der Waals surface area contributed by atoms with Gasteiger partial charge in [0.05, 0.1) is 22.1 Å². The van der Waals surface area contributed by atoms with E-state index in [1.54, 1.807) is 23.7 Å². The highest BCUT2D eigenvalue weighted by atomic mass is 35.5. The Balaban J connectivity index is 1.50. The van der Waals surface area contributed by atoms with E-state index in [9.17, 15) is 9.59 Å². The Bertz CT molecular complexity index is 1230. The average molecular weight is 483 g/mol. The first kappa shape index (κ1) is 21.9. The van der Waals surface area contributed by atoms with Crippen LogP contribution in [-0.4, -0.2) is 40.0 Å². The number of carbonyl (C=O) groups excluding carboxylic acids is 1. The van der Waals surface area contributed by atoms with E-state index in [2.05, 4.69) is 24.0 Å². The molecule has 0 spiro atoms. The lowest BCUT2D eigenvalue weighted by Gasteiger charge is -2.36. The third kappa shape index (κ3) is 4.23. The third-order valence-electron chi connectivity index (χ3n) is 6.42. The standard InChI is InChI=1S/C25H23ClN2O4S/c1-14-4-2-3-5-16(14)17-11-18(17)25(31)28-9-8-20-24(33-13-27-20)23(28)19-10-15(26)6-7-21(19)32-12-22(29)30/h2-7,10,13,17-18,23H,8-9,11-12H2,1H3,(H,29,30)/t17?,18?,23-/m0/s1. The Morgan fingerprint density at radius 3 is 2.85 bits per heavy atom. The van der Waals surface area contributed by atoms with Crippen LogP contribution in [0.2, 0.25) is 5.02 Å². The summed E-state index contributed by atoms with van der Waals surface area (Å²) in [4.78, 5) is 32.3. The van der Waals surface area contributed by atoms with E-state index in [4.69, 9.17) is 21.4 Å². The van der Waals surface area contributed by atoms with Crippen LogP contribution in [-0.2, 0) is 16.0 Å².